The Balaban J connectivity index is 5.89. The number of hydrogen-bond acceptors (Lipinski definition) is 3. The summed E-state index contributed by atoms with van der Waals surface area (Å²) in [5.74, 6) is 0. The van der Waals surface area contributed by atoms with E-state index in [2.05, 4.69) is 20.3 Å². The first-order chi connectivity index (χ1) is 10.5. The molecule has 0 atom stereocenters. The molecule has 0 aromatic carbocycles. The van der Waals surface area contributed by atoms with Crippen molar-refractivity contribution in [2.24, 2.45) is 0 Å². The standard InChI is InChI=1S/C16H40N4O3P2/c1-13(2,3)17-24(21,18-14(4,5)6)23-25(22,19-15(7,8)9)20-16(10,11)12/h1-12H3,(H2,17,18,21)(H2,19,20,22). The van der Waals surface area contributed by atoms with E-state index in [1.165, 1.54) is 0 Å². The third-order valence-electron chi connectivity index (χ3n) is 2.16. The molecule has 25 heavy (non-hydrogen) atoms. The molecule has 152 valence electrons. The van der Waals surface area contributed by atoms with Gasteiger partial charge in [-0.15, -0.1) is 0 Å². The Hall–Kier alpha value is 0.260. The molecular formula is C16H40N4O3P2. The zero-order valence-electron chi connectivity index (χ0n) is 18.1. The fourth-order valence-corrected chi connectivity index (χ4v) is 7.66. The Morgan fingerprint density at radius 2 is 0.640 bits per heavy atom. The van der Waals surface area contributed by atoms with Gasteiger partial charge in [-0.25, -0.2) is 24.7 Å². The maximum Gasteiger partial charge on any atom is 0.349 e. The van der Waals surface area contributed by atoms with E-state index in [1.807, 2.05) is 83.1 Å². The predicted octanol–water partition coefficient (Wildman–Crippen LogP) is 4.77. The van der Waals surface area contributed by atoms with Crippen LogP contribution < -0.4 is 20.3 Å². The summed E-state index contributed by atoms with van der Waals surface area (Å²) in [4.78, 5) is 0. The molecule has 0 rings (SSSR count). The minimum absolute atomic E-state index is 0.498. The van der Waals surface area contributed by atoms with Gasteiger partial charge in [0.05, 0.1) is 0 Å². The number of rotatable bonds is 6. The highest BCUT2D eigenvalue weighted by atomic mass is 31.3. The Morgan fingerprint density at radius 1 is 0.480 bits per heavy atom. The van der Waals surface area contributed by atoms with Gasteiger partial charge in [0.2, 0.25) is 0 Å². The molecule has 0 aliphatic rings. The lowest BCUT2D eigenvalue weighted by Crippen LogP contribution is -2.47. The summed E-state index contributed by atoms with van der Waals surface area (Å²) >= 11 is 0. The number of hydrogen-bond donors (Lipinski definition) is 4. The van der Waals surface area contributed by atoms with E-state index in [0.29, 0.717) is 0 Å². The molecule has 0 unspecified atom stereocenters. The molecule has 0 fully saturated rings. The molecule has 7 nitrogen and oxygen atoms in total. The second-order valence-electron chi connectivity index (χ2n) is 10.6. The van der Waals surface area contributed by atoms with E-state index < -0.39 is 37.5 Å². The van der Waals surface area contributed by atoms with Gasteiger partial charge in [-0.2, -0.15) is 0 Å². The molecule has 0 aromatic rings. The van der Waals surface area contributed by atoms with Gasteiger partial charge in [0.15, 0.2) is 0 Å². The van der Waals surface area contributed by atoms with Crippen molar-refractivity contribution in [3.05, 3.63) is 0 Å². The van der Waals surface area contributed by atoms with Crippen LogP contribution in [0.2, 0.25) is 0 Å². The van der Waals surface area contributed by atoms with Crippen LogP contribution in [0.4, 0.5) is 0 Å². The summed E-state index contributed by atoms with van der Waals surface area (Å²) in [5.41, 5.74) is -1.99. The van der Waals surface area contributed by atoms with Crippen molar-refractivity contribution in [3.8, 4) is 0 Å². The topological polar surface area (TPSA) is 91.5 Å². The molecule has 9 heteroatoms. The van der Waals surface area contributed by atoms with Crippen LogP contribution in [0.15, 0.2) is 0 Å². The lowest BCUT2D eigenvalue weighted by molar-refractivity contribution is 0.349. The van der Waals surface area contributed by atoms with Crippen LogP contribution in [-0.4, -0.2) is 22.2 Å². The maximum atomic E-state index is 13.5. The largest absolute Gasteiger partial charge is 0.349 e. The Bertz CT molecular complexity index is 450. The smallest absolute Gasteiger partial charge is 0.255 e. The molecule has 0 saturated heterocycles. The van der Waals surface area contributed by atoms with Crippen LogP contribution in [0, 0.1) is 0 Å². The average Bonchev–Trinajstić information content (AvgIpc) is 1.97. The van der Waals surface area contributed by atoms with Crippen molar-refractivity contribution in [3.63, 3.8) is 0 Å². The van der Waals surface area contributed by atoms with Crippen LogP contribution in [-0.2, 0) is 13.4 Å². The molecule has 0 saturated carbocycles. The molecule has 0 amide bonds. The first-order valence-corrected chi connectivity index (χ1v) is 11.9. The molecule has 0 heterocycles. The second kappa shape index (κ2) is 7.71. The van der Waals surface area contributed by atoms with Gasteiger partial charge in [-0.05, 0) is 83.1 Å². The van der Waals surface area contributed by atoms with Gasteiger partial charge in [0.25, 0.3) is 0 Å². The van der Waals surface area contributed by atoms with Gasteiger partial charge in [0, 0.05) is 22.2 Å². The second-order valence-corrected chi connectivity index (χ2v) is 14.4. The summed E-state index contributed by atoms with van der Waals surface area (Å²) < 4.78 is 32.9. The molecule has 0 aliphatic carbocycles. The number of nitrogens with one attached hydrogen (secondary N) is 4. The third kappa shape index (κ3) is 13.1. The van der Waals surface area contributed by atoms with Gasteiger partial charge in [-0.1, -0.05) is 0 Å². The maximum absolute atomic E-state index is 13.5. The van der Waals surface area contributed by atoms with E-state index in [4.69, 9.17) is 4.31 Å². The minimum atomic E-state index is -3.64. The van der Waals surface area contributed by atoms with Gasteiger partial charge in [0.1, 0.15) is 0 Å². The highest BCUT2D eigenvalue weighted by Gasteiger charge is 2.43. The van der Waals surface area contributed by atoms with Crippen molar-refractivity contribution in [2.75, 3.05) is 0 Å². The molecular weight excluding hydrogens is 358 g/mol. The predicted molar refractivity (Wildman–Crippen MR) is 108 cm³/mol. The normalized spacial score (nSPS) is 15.5. The van der Waals surface area contributed by atoms with E-state index in [-0.39, 0.29) is 0 Å². The highest BCUT2D eigenvalue weighted by molar-refractivity contribution is 7.68. The molecule has 0 bridgehead atoms. The van der Waals surface area contributed by atoms with E-state index in [9.17, 15) is 9.13 Å². The van der Waals surface area contributed by atoms with Crippen molar-refractivity contribution >= 4 is 15.3 Å². The van der Waals surface area contributed by atoms with Crippen molar-refractivity contribution in [2.45, 2.75) is 105 Å². The highest BCUT2D eigenvalue weighted by Crippen LogP contribution is 2.58. The van der Waals surface area contributed by atoms with Crippen LogP contribution in [0.25, 0.3) is 0 Å². The van der Waals surface area contributed by atoms with Gasteiger partial charge < -0.3 is 0 Å². The molecule has 0 radical (unpaired) electrons. The van der Waals surface area contributed by atoms with Crippen LogP contribution in [0.1, 0.15) is 83.1 Å². The van der Waals surface area contributed by atoms with Crippen LogP contribution in [0.3, 0.4) is 0 Å². The van der Waals surface area contributed by atoms with Crippen LogP contribution in [0.5, 0.6) is 0 Å². The Kier molecular flexibility index (Phi) is 7.79. The summed E-state index contributed by atoms with van der Waals surface area (Å²) in [6, 6.07) is 0. The minimum Gasteiger partial charge on any atom is -0.255 e. The lowest BCUT2D eigenvalue weighted by atomic mass is 10.1. The molecule has 0 aromatic heterocycles. The van der Waals surface area contributed by atoms with E-state index in [0.717, 1.165) is 0 Å². The SMILES string of the molecule is CC(C)(C)NP(=O)(NC(C)(C)C)OP(=O)(NC(C)(C)C)NC(C)(C)C. The van der Waals surface area contributed by atoms with Gasteiger partial charge in [-0.3, -0.25) is 9.13 Å². The molecule has 0 spiro atoms. The monoisotopic (exact) mass is 398 g/mol. The Labute approximate surface area is 155 Å². The van der Waals surface area contributed by atoms with E-state index >= 15 is 0 Å². The summed E-state index contributed by atoms with van der Waals surface area (Å²) in [5, 5.41) is 11.9. The fourth-order valence-electron chi connectivity index (χ4n) is 2.07. The Morgan fingerprint density at radius 3 is 0.760 bits per heavy atom. The zero-order valence-corrected chi connectivity index (χ0v) is 19.9. The summed E-state index contributed by atoms with van der Waals surface area (Å²) in [6.07, 6.45) is 0. The first kappa shape index (κ1) is 25.3. The fraction of sp³-hybridized carbons (Fsp3) is 1.00. The zero-order chi connectivity index (χ0) is 20.5. The van der Waals surface area contributed by atoms with Crippen LogP contribution >= 0.6 is 15.3 Å². The first-order valence-electron chi connectivity index (χ1n) is 8.62. The molecule has 4 N–H and O–H groups in total. The third-order valence-corrected chi connectivity index (χ3v) is 7.86. The summed E-state index contributed by atoms with van der Waals surface area (Å²) in [6.45, 7) is 22.6. The summed E-state index contributed by atoms with van der Waals surface area (Å²) in [7, 11) is -7.29. The average molecular weight is 398 g/mol. The van der Waals surface area contributed by atoms with Gasteiger partial charge >= 0.3 is 15.3 Å². The van der Waals surface area contributed by atoms with Crippen molar-refractivity contribution in [1.82, 2.24) is 20.3 Å². The van der Waals surface area contributed by atoms with E-state index in [1.54, 1.807) is 0 Å². The lowest BCUT2D eigenvalue weighted by Gasteiger charge is -2.38. The van der Waals surface area contributed by atoms with Crippen molar-refractivity contribution < 1.29 is 13.4 Å². The molecule has 0 aliphatic heterocycles. The quantitative estimate of drug-likeness (QED) is 0.479. The van der Waals surface area contributed by atoms with Crippen molar-refractivity contribution in [1.29, 1.82) is 0 Å².